The van der Waals surface area contributed by atoms with Gasteiger partial charge in [0.15, 0.2) is 0 Å². The fraction of sp³-hybridized carbons (Fsp3) is 0.609. The zero-order valence-corrected chi connectivity index (χ0v) is 37.1. The van der Waals surface area contributed by atoms with Gasteiger partial charge in [-0.1, -0.05) is 36.4 Å². The summed E-state index contributed by atoms with van der Waals surface area (Å²) in [7, 11) is 4.95. The van der Waals surface area contributed by atoms with Gasteiger partial charge < -0.3 is 76.8 Å². The molecule has 350 valence electrons. The maximum absolute atomic E-state index is 6.83. The second-order valence-corrected chi connectivity index (χ2v) is 13.2. The Morgan fingerprint density at radius 2 is 0.484 bits per heavy atom. The lowest BCUT2D eigenvalue weighted by Crippen LogP contribution is -2.34. The summed E-state index contributed by atoms with van der Waals surface area (Å²) in [5.41, 5.74) is 7.22. The summed E-state index contributed by atoms with van der Waals surface area (Å²) in [6, 6.07) is 23.7. The van der Waals surface area contributed by atoms with Gasteiger partial charge in [0.05, 0.1) is 173 Å². The Bertz CT molecular complexity index is 1330. The third kappa shape index (κ3) is 22.2. The topological polar surface area (TPSA) is 164 Å². The van der Waals surface area contributed by atoms with Crippen LogP contribution in [0.5, 0.6) is 17.2 Å². The van der Waals surface area contributed by atoms with E-state index >= 15 is 0 Å². The van der Waals surface area contributed by atoms with E-state index < -0.39 is 5.60 Å². The SMILES string of the molecule is COc1ccc(C(OCCOCCOCCOCCOCCOCCOCCOCCOCCOCCOCCOCCN)(c2ccc(OC)cc2)c2ccc(OC)cc2)cc1. The van der Waals surface area contributed by atoms with Crippen LogP contribution in [0, 0.1) is 0 Å². The molecule has 0 bridgehead atoms. The van der Waals surface area contributed by atoms with E-state index in [1.165, 1.54) is 0 Å². The highest BCUT2D eigenvalue weighted by Gasteiger charge is 2.38. The first-order valence-corrected chi connectivity index (χ1v) is 21.3. The molecule has 0 heterocycles. The molecule has 3 rings (SSSR count). The lowest BCUT2D eigenvalue weighted by Gasteiger charge is -2.36. The fourth-order valence-corrected chi connectivity index (χ4v) is 5.87. The summed E-state index contributed by atoms with van der Waals surface area (Å²) in [5, 5.41) is 0. The minimum Gasteiger partial charge on any atom is -0.497 e. The van der Waals surface area contributed by atoms with Crippen molar-refractivity contribution in [3.05, 3.63) is 89.5 Å². The van der Waals surface area contributed by atoms with E-state index in [2.05, 4.69) is 0 Å². The average molecular weight is 878 g/mol. The van der Waals surface area contributed by atoms with Gasteiger partial charge in [0.1, 0.15) is 22.8 Å². The molecular weight excluding hydrogens is 806 g/mol. The van der Waals surface area contributed by atoms with Gasteiger partial charge in [0.2, 0.25) is 0 Å². The molecule has 16 nitrogen and oxygen atoms in total. The first-order valence-electron chi connectivity index (χ1n) is 21.3. The van der Waals surface area contributed by atoms with Crippen molar-refractivity contribution in [1.82, 2.24) is 0 Å². The highest BCUT2D eigenvalue weighted by Crippen LogP contribution is 2.42. The number of benzene rings is 3. The van der Waals surface area contributed by atoms with Gasteiger partial charge >= 0.3 is 0 Å². The van der Waals surface area contributed by atoms with E-state index in [-0.39, 0.29) is 0 Å². The predicted octanol–water partition coefficient (Wildman–Crippen LogP) is 4.16. The summed E-state index contributed by atoms with van der Waals surface area (Å²) in [4.78, 5) is 0. The van der Waals surface area contributed by atoms with Gasteiger partial charge in [0, 0.05) is 6.54 Å². The molecule has 0 fully saturated rings. The van der Waals surface area contributed by atoms with E-state index in [4.69, 9.17) is 76.8 Å². The van der Waals surface area contributed by atoms with E-state index in [0.29, 0.717) is 159 Å². The van der Waals surface area contributed by atoms with Gasteiger partial charge in [-0.3, -0.25) is 0 Å². The van der Waals surface area contributed by atoms with Gasteiger partial charge in [-0.2, -0.15) is 0 Å². The number of methoxy groups -OCH3 is 3. The van der Waals surface area contributed by atoms with E-state index in [0.717, 1.165) is 33.9 Å². The second kappa shape index (κ2) is 35.9. The van der Waals surface area contributed by atoms with Crippen molar-refractivity contribution in [1.29, 1.82) is 0 Å². The monoisotopic (exact) mass is 877 g/mol. The molecule has 62 heavy (non-hydrogen) atoms. The summed E-state index contributed by atoms with van der Waals surface area (Å²) in [6.07, 6.45) is 0. The molecule has 0 saturated heterocycles. The summed E-state index contributed by atoms with van der Waals surface area (Å²) >= 11 is 0. The molecule has 0 spiro atoms. The third-order valence-electron chi connectivity index (χ3n) is 9.02. The molecular formula is C46H71NO15. The highest BCUT2D eigenvalue weighted by atomic mass is 16.6. The van der Waals surface area contributed by atoms with Crippen molar-refractivity contribution in [3.63, 3.8) is 0 Å². The summed E-state index contributed by atoms with van der Waals surface area (Å²) < 4.78 is 84.0. The molecule has 16 heteroatoms. The lowest BCUT2D eigenvalue weighted by molar-refractivity contribution is -0.0399. The Labute approximate surface area is 368 Å². The molecule has 0 aliphatic carbocycles. The smallest absolute Gasteiger partial charge is 0.143 e. The zero-order valence-electron chi connectivity index (χ0n) is 37.1. The van der Waals surface area contributed by atoms with Gasteiger partial charge in [-0.25, -0.2) is 0 Å². The Morgan fingerprint density at radius 1 is 0.290 bits per heavy atom. The fourth-order valence-electron chi connectivity index (χ4n) is 5.87. The summed E-state index contributed by atoms with van der Waals surface area (Å²) in [5.74, 6) is 2.27. The number of hydrogen-bond donors (Lipinski definition) is 1. The number of ether oxygens (including phenoxy) is 15. The average Bonchev–Trinajstić information content (AvgIpc) is 3.31. The van der Waals surface area contributed by atoms with Crippen LogP contribution in [0.15, 0.2) is 72.8 Å². The number of hydrogen-bond acceptors (Lipinski definition) is 16. The van der Waals surface area contributed by atoms with Crippen LogP contribution in [-0.2, 0) is 62.4 Å². The van der Waals surface area contributed by atoms with Crippen molar-refractivity contribution in [2.45, 2.75) is 5.60 Å². The van der Waals surface area contributed by atoms with Crippen LogP contribution in [0.3, 0.4) is 0 Å². The zero-order chi connectivity index (χ0) is 44.0. The molecule has 3 aromatic carbocycles. The van der Waals surface area contributed by atoms with E-state index in [1.807, 2.05) is 72.8 Å². The maximum Gasteiger partial charge on any atom is 0.143 e. The van der Waals surface area contributed by atoms with Gasteiger partial charge in [0.25, 0.3) is 0 Å². The standard InChI is InChI=1S/C46H71NO15/c1-48-43-10-4-40(5-11-43)46(41-6-12-44(49-2)13-7-41,42-8-14-45(50-3)15-9-42)62-39-38-61-37-36-60-35-34-59-33-32-58-31-30-57-29-28-56-27-26-55-25-24-54-23-22-53-21-20-52-19-18-51-17-16-47/h4-15H,16-39,47H2,1-3H3. The van der Waals surface area contributed by atoms with Crippen LogP contribution in [0.2, 0.25) is 0 Å². The molecule has 0 aromatic heterocycles. The van der Waals surface area contributed by atoms with Crippen LogP contribution in [0.1, 0.15) is 16.7 Å². The Kier molecular flexibility index (Phi) is 30.7. The third-order valence-corrected chi connectivity index (χ3v) is 9.02. The van der Waals surface area contributed by atoms with Crippen LogP contribution in [-0.4, -0.2) is 180 Å². The van der Waals surface area contributed by atoms with Gasteiger partial charge in [-0.05, 0) is 53.1 Å². The van der Waals surface area contributed by atoms with Gasteiger partial charge in [-0.15, -0.1) is 0 Å². The first-order chi connectivity index (χ1) is 30.7. The van der Waals surface area contributed by atoms with Crippen LogP contribution in [0.25, 0.3) is 0 Å². The molecule has 0 aliphatic rings. The van der Waals surface area contributed by atoms with Crippen molar-refractivity contribution in [3.8, 4) is 17.2 Å². The van der Waals surface area contributed by atoms with Crippen LogP contribution >= 0.6 is 0 Å². The van der Waals surface area contributed by atoms with Crippen LogP contribution < -0.4 is 19.9 Å². The number of nitrogens with two attached hydrogens (primary N) is 1. The molecule has 0 amide bonds. The van der Waals surface area contributed by atoms with Crippen molar-refractivity contribution < 1.29 is 71.1 Å². The maximum atomic E-state index is 6.83. The highest BCUT2D eigenvalue weighted by molar-refractivity contribution is 5.50. The van der Waals surface area contributed by atoms with Crippen molar-refractivity contribution in [2.24, 2.45) is 5.73 Å². The largest absolute Gasteiger partial charge is 0.497 e. The molecule has 0 aliphatic heterocycles. The number of rotatable bonds is 42. The van der Waals surface area contributed by atoms with Crippen molar-refractivity contribution in [2.75, 3.05) is 180 Å². The molecule has 0 saturated carbocycles. The summed E-state index contributed by atoms with van der Waals surface area (Å²) in [6.45, 7) is 11.6. The lowest BCUT2D eigenvalue weighted by atomic mass is 9.80. The Balaban J connectivity index is 1.14. The Morgan fingerprint density at radius 3 is 0.677 bits per heavy atom. The van der Waals surface area contributed by atoms with Crippen LogP contribution in [0.4, 0.5) is 0 Å². The molecule has 0 unspecified atom stereocenters. The second-order valence-electron chi connectivity index (χ2n) is 13.2. The molecule has 3 aromatic rings. The Hall–Kier alpha value is -3.46. The predicted molar refractivity (Wildman–Crippen MR) is 233 cm³/mol. The molecule has 0 radical (unpaired) electrons. The molecule has 0 atom stereocenters. The minimum atomic E-state index is -0.946. The quantitative estimate of drug-likeness (QED) is 0.0637. The van der Waals surface area contributed by atoms with E-state index in [9.17, 15) is 0 Å². The normalized spacial score (nSPS) is 11.6. The molecule has 2 N–H and O–H groups in total. The minimum absolute atomic E-state index is 0.323. The van der Waals surface area contributed by atoms with Crippen molar-refractivity contribution >= 4 is 0 Å². The van der Waals surface area contributed by atoms with E-state index in [1.54, 1.807) is 21.3 Å². The first kappa shape index (κ1) is 52.9.